The summed E-state index contributed by atoms with van der Waals surface area (Å²) in [6.07, 6.45) is 1.14. The predicted molar refractivity (Wildman–Crippen MR) is 72.4 cm³/mol. The maximum absolute atomic E-state index is 11.6. The minimum atomic E-state index is -0.684. The van der Waals surface area contributed by atoms with Gasteiger partial charge < -0.3 is 9.47 Å². The predicted octanol–water partition coefficient (Wildman–Crippen LogP) is 4.10. The fourth-order valence-corrected chi connectivity index (χ4v) is 1.79. The number of benzene rings is 1. The SMILES string of the molecule is CCCCOC(=O)C(C)Oc1cc(Cl)cc(Cl)c1. The molecule has 0 radical (unpaired) electrons. The Morgan fingerprint density at radius 3 is 2.44 bits per heavy atom. The van der Waals surface area contributed by atoms with Gasteiger partial charge in [-0.15, -0.1) is 0 Å². The summed E-state index contributed by atoms with van der Waals surface area (Å²) in [7, 11) is 0. The van der Waals surface area contributed by atoms with Crippen molar-refractivity contribution in [1.82, 2.24) is 0 Å². The van der Waals surface area contributed by atoms with Gasteiger partial charge in [-0.25, -0.2) is 4.79 Å². The van der Waals surface area contributed by atoms with Crippen molar-refractivity contribution in [2.24, 2.45) is 0 Å². The molecular formula is C13H16Cl2O3. The number of esters is 1. The van der Waals surface area contributed by atoms with Gasteiger partial charge in [0.1, 0.15) is 5.75 Å². The second-order valence-electron chi connectivity index (χ2n) is 3.89. The molecule has 1 rings (SSSR count). The Morgan fingerprint density at radius 1 is 1.28 bits per heavy atom. The number of hydrogen-bond donors (Lipinski definition) is 0. The van der Waals surface area contributed by atoms with E-state index >= 15 is 0 Å². The average Bonchev–Trinajstić information content (AvgIpc) is 2.27. The van der Waals surface area contributed by atoms with Gasteiger partial charge in [0.05, 0.1) is 6.61 Å². The summed E-state index contributed by atoms with van der Waals surface area (Å²) in [6, 6.07) is 4.80. The summed E-state index contributed by atoms with van der Waals surface area (Å²) in [5.74, 6) is 0.0620. The molecule has 5 heteroatoms. The first-order chi connectivity index (χ1) is 8.52. The molecule has 1 aromatic rings. The fraction of sp³-hybridized carbons (Fsp3) is 0.462. The maximum Gasteiger partial charge on any atom is 0.347 e. The Bertz CT molecular complexity index is 387. The molecule has 0 aliphatic carbocycles. The van der Waals surface area contributed by atoms with E-state index in [2.05, 4.69) is 0 Å². The van der Waals surface area contributed by atoms with E-state index in [-0.39, 0.29) is 5.97 Å². The number of hydrogen-bond acceptors (Lipinski definition) is 3. The van der Waals surface area contributed by atoms with Gasteiger partial charge in [-0.1, -0.05) is 36.5 Å². The van der Waals surface area contributed by atoms with Crippen molar-refractivity contribution in [2.45, 2.75) is 32.8 Å². The van der Waals surface area contributed by atoms with Crippen molar-refractivity contribution in [3.8, 4) is 5.75 Å². The van der Waals surface area contributed by atoms with Crippen LogP contribution in [0.1, 0.15) is 26.7 Å². The lowest BCUT2D eigenvalue weighted by molar-refractivity contribution is -0.151. The molecule has 0 aromatic heterocycles. The molecule has 1 aromatic carbocycles. The number of halogens is 2. The first-order valence-corrected chi connectivity index (χ1v) is 6.58. The van der Waals surface area contributed by atoms with Crippen molar-refractivity contribution in [3.63, 3.8) is 0 Å². The maximum atomic E-state index is 11.6. The summed E-state index contributed by atoms with van der Waals surface area (Å²) in [5.41, 5.74) is 0. The zero-order chi connectivity index (χ0) is 13.5. The third kappa shape index (κ3) is 5.15. The third-order valence-electron chi connectivity index (χ3n) is 2.22. The highest BCUT2D eigenvalue weighted by molar-refractivity contribution is 6.34. The summed E-state index contributed by atoms with van der Waals surface area (Å²) < 4.78 is 10.5. The first-order valence-electron chi connectivity index (χ1n) is 5.82. The second-order valence-corrected chi connectivity index (χ2v) is 4.76. The zero-order valence-corrected chi connectivity index (χ0v) is 11.9. The van der Waals surface area contributed by atoms with E-state index in [1.54, 1.807) is 25.1 Å². The van der Waals surface area contributed by atoms with Crippen LogP contribution in [-0.2, 0) is 9.53 Å². The minimum Gasteiger partial charge on any atom is -0.479 e. The van der Waals surface area contributed by atoms with E-state index in [0.29, 0.717) is 22.4 Å². The van der Waals surface area contributed by atoms with Gasteiger partial charge in [0.15, 0.2) is 6.10 Å². The van der Waals surface area contributed by atoms with Crippen LogP contribution in [-0.4, -0.2) is 18.7 Å². The fourth-order valence-electron chi connectivity index (χ4n) is 1.28. The van der Waals surface area contributed by atoms with Crippen molar-refractivity contribution in [1.29, 1.82) is 0 Å². The lowest BCUT2D eigenvalue weighted by Gasteiger charge is -2.14. The highest BCUT2D eigenvalue weighted by atomic mass is 35.5. The van der Waals surface area contributed by atoms with Crippen LogP contribution in [0.5, 0.6) is 5.75 Å². The number of unbranched alkanes of at least 4 members (excludes halogenated alkanes) is 1. The zero-order valence-electron chi connectivity index (χ0n) is 10.4. The van der Waals surface area contributed by atoms with Crippen LogP contribution in [0.25, 0.3) is 0 Å². The van der Waals surface area contributed by atoms with E-state index in [4.69, 9.17) is 32.7 Å². The molecule has 0 aliphatic rings. The Balaban J connectivity index is 2.52. The molecule has 3 nitrogen and oxygen atoms in total. The molecule has 0 saturated heterocycles. The molecule has 0 amide bonds. The number of ether oxygens (including phenoxy) is 2. The Morgan fingerprint density at radius 2 is 1.89 bits per heavy atom. The van der Waals surface area contributed by atoms with Gasteiger partial charge in [0.25, 0.3) is 0 Å². The molecule has 0 bridgehead atoms. The number of carbonyl (C=O) groups excluding carboxylic acids is 1. The molecule has 0 aliphatic heterocycles. The van der Waals surface area contributed by atoms with Gasteiger partial charge in [-0.05, 0) is 31.5 Å². The molecule has 0 spiro atoms. The third-order valence-corrected chi connectivity index (χ3v) is 2.66. The van der Waals surface area contributed by atoms with E-state index in [1.807, 2.05) is 6.92 Å². The number of carbonyl (C=O) groups is 1. The summed E-state index contributed by atoms with van der Waals surface area (Å²) in [6.45, 7) is 4.07. The quantitative estimate of drug-likeness (QED) is 0.584. The topological polar surface area (TPSA) is 35.5 Å². The highest BCUT2D eigenvalue weighted by Gasteiger charge is 2.16. The monoisotopic (exact) mass is 290 g/mol. The van der Waals surface area contributed by atoms with E-state index in [9.17, 15) is 4.79 Å². The largest absolute Gasteiger partial charge is 0.479 e. The van der Waals surface area contributed by atoms with Crippen molar-refractivity contribution >= 4 is 29.2 Å². The molecule has 0 heterocycles. The van der Waals surface area contributed by atoms with E-state index in [0.717, 1.165) is 12.8 Å². The van der Waals surface area contributed by atoms with Crippen LogP contribution in [0.3, 0.4) is 0 Å². The lowest BCUT2D eigenvalue weighted by atomic mass is 10.3. The van der Waals surface area contributed by atoms with Crippen LogP contribution < -0.4 is 4.74 Å². The van der Waals surface area contributed by atoms with Gasteiger partial charge in [-0.2, -0.15) is 0 Å². The van der Waals surface area contributed by atoms with Crippen molar-refractivity contribution < 1.29 is 14.3 Å². The average molecular weight is 291 g/mol. The van der Waals surface area contributed by atoms with Crippen LogP contribution in [0.15, 0.2) is 18.2 Å². The van der Waals surface area contributed by atoms with Crippen LogP contribution in [0, 0.1) is 0 Å². The van der Waals surface area contributed by atoms with Crippen molar-refractivity contribution in [2.75, 3.05) is 6.61 Å². The summed E-state index contributed by atoms with van der Waals surface area (Å²) in [4.78, 5) is 11.6. The van der Waals surface area contributed by atoms with E-state index < -0.39 is 6.10 Å². The van der Waals surface area contributed by atoms with Gasteiger partial charge >= 0.3 is 5.97 Å². The smallest absolute Gasteiger partial charge is 0.347 e. The first kappa shape index (κ1) is 15.1. The van der Waals surface area contributed by atoms with Gasteiger partial charge in [0.2, 0.25) is 0 Å². The normalized spacial score (nSPS) is 12.0. The summed E-state index contributed by atoms with van der Waals surface area (Å²) >= 11 is 11.7. The molecule has 18 heavy (non-hydrogen) atoms. The van der Waals surface area contributed by atoms with Crippen LogP contribution in [0.4, 0.5) is 0 Å². The molecule has 1 unspecified atom stereocenters. The molecule has 0 saturated carbocycles. The Labute approximate surface area is 117 Å². The van der Waals surface area contributed by atoms with Gasteiger partial charge in [0, 0.05) is 10.0 Å². The Hall–Kier alpha value is -0.930. The molecule has 0 N–H and O–H groups in total. The van der Waals surface area contributed by atoms with Crippen LogP contribution in [0.2, 0.25) is 10.0 Å². The minimum absolute atomic E-state index is 0.389. The summed E-state index contributed by atoms with van der Waals surface area (Å²) in [5, 5.41) is 0.924. The van der Waals surface area contributed by atoms with E-state index in [1.165, 1.54) is 0 Å². The van der Waals surface area contributed by atoms with Crippen molar-refractivity contribution in [3.05, 3.63) is 28.2 Å². The molecule has 100 valence electrons. The molecule has 0 fully saturated rings. The van der Waals surface area contributed by atoms with Crippen LogP contribution >= 0.6 is 23.2 Å². The Kier molecular flexibility index (Phi) is 6.30. The highest BCUT2D eigenvalue weighted by Crippen LogP contribution is 2.25. The molecule has 1 atom stereocenters. The standard InChI is InChI=1S/C13H16Cl2O3/c1-3-4-5-17-13(16)9(2)18-12-7-10(14)6-11(15)8-12/h6-9H,3-5H2,1-2H3. The number of rotatable bonds is 6. The molecular weight excluding hydrogens is 275 g/mol. The second kappa shape index (κ2) is 7.49. The lowest BCUT2D eigenvalue weighted by Crippen LogP contribution is -2.26. The van der Waals surface area contributed by atoms with Gasteiger partial charge in [-0.3, -0.25) is 0 Å².